The first-order valence-electron chi connectivity index (χ1n) is 6.82. The number of aryl methyl sites for hydroxylation is 1. The first kappa shape index (κ1) is 13.1. The lowest BCUT2D eigenvalue weighted by molar-refractivity contribution is 0.316. The molecule has 19 heavy (non-hydrogen) atoms. The Bertz CT molecular complexity index is 630. The fraction of sp³-hybridized carbons (Fsp3) is 0.412. The maximum absolute atomic E-state index is 14.3. The summed E-state index contributed by atoms with van der Waals surface area (Å²) in [6.07, 6.45) is 3.24. The van der Waals surface area contributed by atoms with Crippen molar-refractivity contribution in [3.63, 3.8) is 0 Å². The molecule has 0 aromatic heterocycles. The third kappa shape index (κ3) is 2.31. The van der Waals surface area contributed by atoms with Gasteiger partial charge >= 0.3 is 0 Å². The molecule has 1 aliphatic carbocycles. The molecule has 0 nitrogen and oxygen atoms in total. The standard InChI is InChI=1S/C17H18BrF/c1-17(2)8-7-12-11-5-3-4-6-13(11)16(19)9-14(12)15(18)10-17/h3-6,9,15H,7-8,10H2,1-2H3. The number of alkyl halides is 1. The van der Waals surface area contributed by atoms with Crippen molar-refractivity contribution >= 4 is 26.7 Å². The highest BCUT2D eigenvalue weighted by molar-refractivity contribution is 9.09. The zero-order valence-corrected chi connectivity index (χ0v) is 12.9. The second-order valence-electron chi connectivity index (χ2n) is 6.31. The van der Waals surface area contributed by atoms with Gasteiger partial charge in [0.1, 0.15) is 5.82 Å². The summed E-state index contributed by atoms with van der Waals surface area (Å²) in [5.74, 6) is -0.0986. The monoisotopic (exact) mass is 320 g/mol. The number of halogens is 2. The lowest BCUT2D eigenvalue weighted by atomic mass is 9.84. The molecule has 0 aliphatic heterocycles. The van der Waals surface area contributed by atoms with Crippen LogP contribution in [0.4, 0.5) is 4.39 Å². The van der Waals surface area contributed by atoms with E-state index in [4.69, 9.17) is 0 Å². The average molecular weight is 321 g/mol. The van der Waals surface area contributed by atoms with Crippen LogP contribution in [0.5, 0.6) is 0 Å². The molecule has 2 aromatic rings. The zero-order valence-electron chi connectivity index (χ0n) is 11.3. The van der Waals surface area contributed by atoms with E-state index in [1.807, 2.05) is 18.2 Å². The Hall–Kier alpha value is -0.890. The smallest absolute Gasteiger partial charge is 0.131 e. The SMILES string of the molecule is CC1(C)CCc2c(cc(F)c3ccccc23)C(Br)C1. The normalized spacial score (nSPS) is 22.0. The van der Waals surface area contributed by atoms with Crippen LogP contribution in [0.1, 0.15) is 42.6 Å². The van der Waals surface area contributed by atoms with E-state index in [9.17, 15) is 4.39 Å². The van der Waals surface area contributed by atoms with Gasteiger partial charge in [-0.2, -0.15) is 0 Å². The molecule has 3 rings (SSSR count). The van der Waals surface area contributed by atoms with Crippen LogP contribution in [0.2, 0.25) is 0 Å². The molecule has 1 aliphatic rings. The maximum atomic E-state index is 14.3. The number of fused-ring (bicyclic) bond motifs is 3. The summed E-state index contributed by atoms with van der Waals surface area (Å²) < 4.78 is 14.3. The van der Waals surface area contributed by atoms with Gasteiger partial charge in [0.15, 0.2) is 0 Å². The topological polar surface area (TPSA) is 0 Å². The van der Waals surface area contributed by atoms with E-state index in [2.05, 4.69) is 35.8 Å². The minimum atomic E-state index is -0.0986. The predicted octanol–water partition coefficient (Wildman–Crippen LogP) is 5.78. The molecule has 0 radical (unpaired) electrons. The van der Waals surface area contributed by atoms with Gasteiger partial charge in [-0.25, -0.2) is 4.39 Å². The Labute approximate surface area is 122 Å². The van der Waals surface area contributed by atoms with Gasteiger partial charge in [0.25, 0.3) is 0 Å². The Morgan fingerprint density at radius 3 is 2.63 bits per heavy atom. The molecule has 2 aromatic carbocycles. The maximum Gasteiger partial charge on any atom is 0.131 e. The number of rotatable bonds is 0. The Morgan fingerprint density at radius 1 is 1.21 bits per heavy atom. The van der Waals surface area contributed by atoms with Gasteiger partial charge in [0.05, 0.1) is 0 Å². The van der Waals surface area contributed by atoms with E-state index in [-0.39, 0.29) is 10.6 Å². The van der Waals surface area contributed by atoms with Crippen molar-refractivity contribution in [1.29, 1.82) is 0 Å². The Balaban J connectivity index is 2.26. The molecule has 0 saturated carbocycles. The number of hydrogen-bond acceptors (Lipinski definition) is 0. The Morgan fingerprint density at radius 2 is 1.89 bits per heavy atom. The molecular formula is C17H18BrF. The van der Waals surface area contributed by atoms with E-state index in [0.717, 1.165) is 35.6 Å². The van der Waals surface area contributed by atoms with Gasteiger partial charge in [-0.15, -0.1) is 0 Å². The third-order valence-corrected chi connectivity index (χ3v) is 5.08. The zero-order chi connectivity index (χ0) is 13.6. The molecule has 100 valence electrons. The number of hydrogen-bond donors (Lipinski definition) is 0. The summed E-state index contributed by atoms with van der Waals surface area (Å²) in [7, 11) is 0. The van der Waals surface area contributed by atoms with Crippen LogP contribution in [0.25, 0.3) is 10.8 Å². The van der Waals surface area contributed by atoms with Crippen LogP contribution in [0.15, 0.2) is 30.3 Å². The van der Waals surface area contributed by atoms with Crippen molar-refractivity contribution in [2.45, 2.75) is 37.9 Å². The van der Waals surface area contributed by atoms with E-state index in [1.54, 1.807) is 6.07 Å². The van der Waals surface area contributed by atoms with Gasteiger partial charge in [-0.3, -0.25) is 0 Å². The highest BCUT2D eigenvalue weighted by Crippen LogP contribution is 2.45. The van der Waals surface area contributed by atoms with Crippen LogP contribution >= 0.6 is 15.9 Å². The first-order valence-corrected chi connectivity index (χ1v) is 7.74. The molecule has 0 N–H and O–H groups in total. The molecule has 0 bridgehead atoms. The highest BCUT2D eigenvalue weighted by Gasteiger charge is 2.29. The third-order valence-electron chi connectivity index (χ3n) is 4.26. The highest BCUT2D eigenvalue weighted by atomic mass is 79.9. The van der Waals surface area contributed by atoms with E-state index in [0.29, 0.717) is 5.41 Å². The lowest BCUT2D eigenvalue weighted by Crippen LogP contribution is -2.11. The second kappa shape index (κ2) is 4.59. The van der Waals surface area contributed by atoms with E-state index in [1.165, 1.54) is 5.56 Å². The fourth-order valence-electron chi connectivity index (χ4n) is 3.13. The Kier molecular flexibility index (Phi) is 3.17. The lowest BCUT2D eigenvalue weighted by Gasteiger charge is -2.23. The molecule has 2 heteroatoms. The van der Waals surface area contributed by atoms with Crippen LogP contribution < -0.4 is 0 Å². The molecule has 0 amide bonds. The molecule has 0 saturated heterocycles. The summed E-state index contributed by atoms with van der Waals surface area (Å²) in [6.45, 7) is 4.59. The van der Waals surface area contributed by atoms with Crippen molar-refractivity contribution < 1.29 is 4.39 Å². The minimum Gasteiger partial charge on any atom is -0.206 e. The summed E-state index contributed by atoms with van der Waals surface area (Å²) in [6, 6.07) is 9.57. The molecule has 1 atom stereocenters. The van der Waals surface area contributed by atoms with Gasteiger partial charge < -0.3 is 0 Å². The summed E-state index contributed by atoms with van der Waals surface area (Å²) in [4.78, 5) is 0.249. The minimum absolute atomic E-state index is 0.0986. The molecule has 0 fully saturated rings. The van der Waals surface area contributed by atoms with Crippen LogP contribution in [-0.4, -0.2) is 0 Å². The molecule has 0 spiro atoms. The summed E-state index contributed by atoms with van der Waals surface area (Å²) in [5, 5.41) is 1.83. The van der Waals surface area contributed by atoms with Crippen LogP contribution in [0.3, 0.4) is 0 Å². The van der Waals surface area contributed by atoms with Crippen molar-refractivity contribution in [2.75, 3.05) is 0 Å². The van der Waals surface area contributed by atoms with E-state index >= 15 is 0 Å². The second-order valence-corrected chi connectivity index (χ2v) is 7.41. The van der Waals surface area contributed by atoms with Crippen LogP contribution in [0, 0.1) is 11.2 Å². The predicted molar refractivity (Wildman–Crippen MR) is 82.3 cm³/mol. The fourth-order valence-corrected chi connectivity index (χ4v) is 4.42. The van der Waals surface area contributed by atoms with Gasteiger partial charge in [-0.05, 0) is 47.3 Å². The van der Waals surface area contributed by atoms with Gasteiger partial charge in [0.2, 0.25) is 0 Å². The average Bonchev–Trinajstić information content (AvgIpc) is 2.47. The first-order chi connectivity index (χ1) is 8.98. The van der Waals surface area contributed by atoms with Crippen molar-refractivity contribution in [3.8, 4) is 0 Å². The molecule has 1 unspecified atom stereocenters. The molecular weight excluding hydrogens is 303 g/mol. The van der Waals surface area contributed by atoms with E-state index < -0.39 is 0 Å². The van der Waals surface area contributed by atoms with Gasteiger partial charge in [-0.1, -0.05) is 54.0 Å². The van der Waals surface area contributed by atoms with Crippen molar-refractivity contribution in [2.24, 2.45) is 5.41 Å². The van der Waals surface area contributed by atoms with Crippen molar-refractivity contribution in [1.82, 2.24) is 0 Å². The van der Waals surface area contributed by atoms with Crippen LogP contribution in [-0.2, 0) is 6.42 Å². The number of benzene rings is 2. The quantitative estimate of drug-likeness (QED) is 0.426. The summed E-state index contributed by atoms with van der Waals surface area (Å²) in [5.41, 5.74) is 2.76. The molecule has 0 heterocycles. The van der Waals surface area contributed by atoms with Gasteiger partial charge in [0, 0.05) is 10.2 Å². The largest absolute Gasteiger partial charge is 0.206 e. The van der Waals surface area contributed by atoms with Crippen molar-refractivity contribution in [3.05, 3.63) is 47.3 Å². The summed E-state index contributed by atoms with van der Waals surface area (Å²) >= 11 is 3.77.